The van der Waals surface area contributed by atoms with Gasteiger partial charge in [0.2, 0.25) is 0 Å². The molecule has 2 N–H and O–H groups in total. The van der Waals surface area contributed by atoms with Crippen LogP contribution in [-0.4, -0.2) is 25.8 Å². The van der Waals surface area contributed by atoms with Crippen molar-refractivity contribution < 1.29 is 9.90 Å². The molecule has 1 heterocycles. The molecule has 0 aliphatic carbocycles. The van der Waals surface area contributed by atoms with Gasteiger partial charge in [0.05, 0.1) is 13.0 Å². The summed E-state index contributed by atoms with van der Waals surface area (Å²) in [7, 11) is 0. The molecule has 0 spiro atoms. The molecule has 1 aromatic heterocycles. The van der Waals surface area contributed by atoms with Crippen LogP contribution in [0.15, 0.2) is 4.79 Å². The van der Waals surface area contributed by atoms with E-state index in [0.717, 1.165) is 4.68 Å². The minimum absolute atomic E-state index is 0.0931. The second kappa shape index (κ2) is 3.21. The number of aromatic amines is 1. The number of aryl methyl sites for hydroxylation is 2. The smallest absolute Gasteiger partial charge is 0.343 e. The molecular weight excluding hydrogens is 162 g/mol. The summed E-state index contributed by atoms with van der Waals surface area (Å²) in [6, 6.07) is 0. The van der Waals surface area contributed by atoms with Crippen molar-refractivity contribution in [1.82, 2.24) is 14.8 Å². The van der Waals surface area contributed by atoms with Crippen molar-refractivity contribution in [3.8, 4) is 0 Å². The van der Waals surface area contributed by atoms with Crippen LogP contribution in [0.4, 0.5) is 0 Å². The van der Waals surface area contributed by atoms with E-state index in [0.29, 0.717) is 5.82 Å². The van der Waals surface area contributed by atoms with Crippen molar-refractivity contribution in [2.75, 3.05) is 0 Å². The van der Waals surface area contributed by atoms with Gasteiger partial charge in [-0.05, 0) is 6.92 Å². The van der Waals surface area contributed by atoms with Gasteiger partial charge in [-0.2, -0.15) is 5.10 Å². The third-order valence-corrected chi connectivity index (χ3v) is 1.33. The zero-order valence-corrected chi connectivity index (χ0v) is 6.57. The van der Waals surface area contributed by atoms with E-state index in [1.807, 2.05) is 0 Å². The molecule has 0 fully saturated rings. The minimum atomic E-state index is -0.942. The molecule has 0 amide bonds. The van der Waals surface area contributed by atoms with Gasteiger partial charge in [0.1, 0.15) is 5.82 Å². The Balaban J connectivity index is 2.69. The van der Waals surface area contributed by atoms with Crippen LogP contribution in [0.1, 0.15) is 12.2 Å². The first-order chi connectivity index (χ1) is 5.59. The number of nitrogens with one attached hydrogen (secondary N) is 1. The van der Waals surface area contributed by atoms with Crippen molar-refractivity contribution in [3.63, 3.8) is 0 Å². The van der Waals surface area contributed by atoms with E-state index < -0.39 is 5.97 Å². The van der Waals surface area contributed by atoms with E-state index in [4.69, 9.17) is 5.11 Å². The number of hydrogen-bond donors (Lipinski definition) is 2. The number of carbonyl (C=O) groups is 1. The van der Waals surface area contributed by atoms with E-state index >= 15 is 0 Å². The number of carboxylic acid groups (broad SMARTS) is 1. The van der Waals surface area contributed by atoms with Crippen LogP contribution in [0.2, 0.25) is 0 Å². The standard InChI is InChI=1S/C6H9N3O3/c1-4-7-6(12)9(8-4)3-2-5(10)11/h2-3H2,1H3,(H,10,11)(H,7,8,12). The SMILES string of the molecule is Cc1nn(CCC(=O)O)c(=O)[nH]1. The van der Waals surface area contributed by atoms with Crippen molar-refractivity contribution in [2.45, 2.75) is 19.9 Å². The van der Waals surface area contributed by atoms with Crippen molar-refractivity contribution in [2.24, 2.45) is 0 Å². The summed E-state index contributed by atoms with van der Waals surface area (Å²) in [5.74, 6) is -0.451. The second-order valence-corrected chi connectivity index (χ2v) is 2.38. The van der Waals surface area contributed by atoms with Gasteiger partial charge in [-0.3, -0.25) is 9.78 Å². The predicted molar refractivity (Wildman–Crippen MR) is 39.8 cm³/mol. The Morgan fingerprint density at radius 2 is 2.42 bits per heavy atom. The van der Waals surface area contributed by atoms with Crippen LogP contribution >= 0.6 is 0 Å². The predicted octanol–water partition coefficient (Wildman–Crippen LogP) is -0.645. The molecule has 0 radical (unpaired) electrons. The highest BCUT2D eigenvalue weighted by Gasteiger charge is 2.03. The summed E-state index contributed by atoms with van der Waals surface area (Å²) >= 11 is 0. The maximum Gasteiger partial charge on any atom is 0.343 e. The zero-order valence-electron chi connectivity index (χ0n) is 6.57. The van der Waals surface area contributed by atoms with Gasteiger partial charge in [-0.15, -0.1) is 0 Å². The van der Waals surface area contributed by atoms with Crippen LogP contribution in [0.5, 0.6) is 0 Å². The van der Waals surface area contributed by atoms with Crippen molar-refractivity contribution in [1.29, 1.82) is 0 Å². The normalized spacial score (nSPS) is 10.1. The fourth-order valence-electron chi connectivity index (χ4n) is 0.824. The van der Waals surface area contributed by atoms with E-state index in [9.17, 15) is 9.59 Å². The van der Waals surface area contributed by atoms with Crippen LogP contribution in [0, 0.1) is 6.92 Å². The molecule has 6 heteroatoms. The largest absolute Gasteiger partial charge is 0.481 e. The third kappa shape index (κ3) is 1.94. The molecule has 66 valence electrons. The molecule has 0 unspecified atom stereocenters. The van der Waals surface area contributed by atoms with E-state index in [-0.39, 0.29) is 18.7 Å². The fourth-order valence-corrected chi connectivity index (χ4v) is 0.824. The average molecular weight is 171 g/mol. The Kier molecular flexibility index (Phi) is 2.27. The third-order valence-electron chi connectivity index (χ3n) is 1.33. The Morgan fingerprint density at radius 3 is 2.83 bits per heavy atom. The van der Waals surface area contributed by atoms with Crippen LogP contribution in [-0.2, 0) is 11.3 Å². The van der Waals surface area contributed by atoms with Crippen LogP contribution < -0.4 is 5.69 Å². The Labute approximate surface area is 67.8 Å². The topological polar surface area (TPSA) is 88.0 Å². The van der Waals surface area contributed by atoms with Crippen LogP contribution in [0.25, 0.3) is 0 Å². The monoisotopic (exact) mass is 171 g/mol. The quantitative estimate of drug-likeness (QED) is 0.632. The number of H-pyrrole nitrogens is 1. The highest BCUT2D eigenvalue weighted by atomic mass is 16.4. The molecule has 0 saturated heterocycles. The maximum atomic E-state index is 10.9. The highest BCUT2D eigenvalue weighted by molar-refractivity contribution is 5.66. The summed E-state index contributed by atoms with van der Waals surface area (Å²) < 4.78 is 1.10. The fraction of sp³-hybridized carbons (Fsp3) is 0.500. The number of aliphatic carboxylic acids is 1. The molecule has 0 bridgehead atoms. The zero-order chi connectivity index (χ0) is 9.14. The van der Waals surface area contributed by atoms with Gasteiger partial charge >= 0.3 is 11.7 Å². The van der Waals surface area contributed by atoms with Gasteiger partial charge < -0.3 is 5.11 Å². The summed E-state index contributed by atoms with van der Waals surface area (Å²) in [5, 5.41) is 12.1. The number of hydrogen-bond acceptors (Lipinski definition) is 3. The Bertz CT molecular complexity index is 338. The lowest BCUT2D eigenvalue weighted by atomic mass is 10.4. The molecule has 0 atom stereocenters. The number of nitrogens with zero attached hydrogens (tertiary/aromatic N) is 2. The molecule has 12 heavy (non-hydrogen) atoms. The van der Waals surface area contributed by atoms with Crippen molar-refractivity contribution in [3.05, 3.63) is 16.3 Å². The first-order valence-corrected chi connectivity index (χ1v) is 3.45. The Morgan fingerprint density at radius 1 is 1.75 bits per heavy atom. The molecule has 6 nitrogen and oxygen atoms in total. The lowest BCUT2D eigenvalue weighted by Crippen LogP contribution is -2.19. The second-order valence-electron chi connectivity index (χ2n) is 2.38. The van der Waals surface area contributed by atoms with E-state index in [1.165, 1.54) is 0 Å². The van der Waals surface area contributed by atoms with E-state index in [1.54, 1.807) is 6.92 Å². The van der Waals surface area contributed by atoms with Gasteiger partial charge in [0.25, 0.3) is 0 Å². The molecule has 0 aromatic carbocycles. The summed E-state index contributed by atoms with van der Waals surface area (Å²) in [5.41, 5.74) is -0.367. The molecule has 0 saturated carbocycles. The first-order valence-electron chi connectivity index (χ1n) is 3.45. The van der Waals surface area contributed by atoms with Crippen LogP contribution in [0.3, 0.4) is 0 Å². The average Bonchev–Trinajstić information content (AvgIpc) is 2.26. The van der Waals surface area contributed by atoms with Gasteiger partial charge in [0.15, 0.2) is 0 Å². The summed E-state index contributed by atoms with van der Waals surface area (Å²) in [4.78, 5) is 23.5. The number of aromatic nitrogens is 3. The maximum absolute atomic E-state index is 10.9. The lowest BCUT2D eigenvalue weighted by molar-refractivity contribution is -0.137. The number of carboxylic acids is 1. The first kappa shape index (κ1) is 8.51. The molecule has 0 aliphatic heterocycles. The number of rotatable bonds is 3. The molecule has 1 rings (SSSR count). The molecule has 0 aliphatic rings. The van der Waals surface area contributed by atoms with Crippen molar-refractivity contribution >= 4 is 5.97 Å². The molecule has 1 aromatic rings. The van der Waals surface area contributed by atoms with E-state index in [2.05, 4.69) is 10.1 Å². The minimum Gasteiger partial charge on any atom is -0.481 e. The Hall–Kier alpha value is -1.59. The molecular formula is C6H9N3O3. The lowest BCUT2D eigenvalue weighted by Gasteiger charge is -1.93. The van der Waals surface area contributed by atoms with Gasteiger partial charge in [-0.1, -0.05) is 0 Å². The van der Waals surface area contributed by atoms with Gasteiger partial charge in [-0.25, -0.2) is 9.48 Å². The highest BCUT2D eigenvalue weighted by Crippen LogP contribution is 1.85. The summed E-state index contributed by atoms with van der Waals surface area (Å²) in [6.45, 7) is 1.75. The van der Waals surface area contributed by atoms with Gasteiger partial charge in [0, 0.05) is 0 Å². The summed E-state index contributed by atoms with van der Waals surface area (Å²) in [6.07, 6.45) is -0.0931.